The second kappa shape index (κ2) is 9.04. The maximum absolute atomic E-state index is 12.3. The molecule has 0 aliphatic heterocycles. The Morgan fingerprint density at radius 3 is 2.50 bits per heavy atom. The lowest BCUT2D eigenvalue weighted by Crippen LogP contribution is -2.27. The third-order valence-electron chi connectivity index (χ3n) is 3.98. The fourth-order valence-electron chi connectivity index (χ4n) is 2.72. The van der Waals surface area contributed by atoms with Crippen LogP contribution in [0.2, 0.25) is 0 Å². The summed E-state index contributed by atoms with van der Waals surface area (Å²) in [5, 5.41) is 12.2. The first-order chi connectivity index (χ1) is 12.4. The number of nitrogens with one attached hydrogen (secondary N) is 1. The first-order valence-corrected chi connectivity index (χ1v) is 8.74. The summed E-state index contributed by atoms with van der Waals surface area (Å²) in [4.78, 5) is 23.5. The van der Waals surface area contributed by atoms with E-state index in [1.807, 2.05) is 45.0 Å². The molecule has 5 heteroatoms. The lowest BCUT2D eigenvalue weighted by atomic mass is 10.0. The molecule has 2 rings (SSSR count). The topological polar surface area (TPSA) is 75.6 Å². The van der Waals surface area contributed by atoms with Crippen LogP contribution in [0.4, 0.5) is 0 Å². The van der Waals surface area contributed by atoms with E-state index in [0.717, 1.165) is 11.3 Å². The Morgan fingerprint density at radius 1 is 1.08 bits per heavy atom. The fourth-order valence-corrected chi connectivity index (χ4v) is 2.72. The molecule has 0 saturated carbocycles. The first-order valence-electron chi connectivity index (χ1n) is 8.74. The van der Waals surface area contributed by atoms with Gasteiger partial charge in [-0.05, 0) is 56.5 Å². The van der Waals surface area contributed by atoms with E-state index in [0.29, 0.717) is 12.0 Å². The van der Waals surface area contributed by atoms with Gasteiger partial charge in [-0.3, -0.25) is 4.79 Å². The third-order valence-corrected chi connectivity index (χ3v) is 3.98. The number of carboxylic acids is 1. The molecule has 1 unspecified atom stereocenters. The van der Waals surface area contributed by atoms with E-state index in [2.05, 4.69) is 5.32 Å². The molecule has 0 spiro atoms. The molecule has 0 bridgehead atoms. The lowest BCUT2D eigenvalue weighted by molar-refractivity contribution is -0.121. The molecular weight excluding hydrogens is 330 g/mol. The van der Waals surface area contributed by atoms with E-state index in [9.17, 15) is 14.7 Å². The van der Waals surface area contributed by atoms with Crippen LogP contribution in [-0.4, -0.2) is 23.1 Å². The van der Waals surface area contributed by atoms with Crippen molar-refractivity contribution in [2.45, 2.75) is 45.8 Å². The largest absolute Gasteiger partial charge is 0.491 e. The number of aromatic carboxylic acids is 1. The summed E-state index contributed by atoms with van der Waals surface area (Å²) in [5.74, 6) is -0.321. The van der Waals surface area contributed by atoms with Crippen LogP contribution in [-0.2, 0) is 11.2 Å². The Morgan fingerprint density at radius 2 is 1.81 bits per heavy atom. The van der Waals surface area contributed by atoms with E-state index < -0.39 is 5.97 Å². The normalized spacial score (nSPS) is 11.8. The van der Waals surface area contributed by atoms with Crippen LogP contribution in [0.3, 0.4) is 0 Å². The predicted octanol–water partition coefficient (Wildman–Crippen LogP) is 3.98. The van der Waals surface area contributed by atoms with Gasteiger partial charge in [-0.1, -0.05) is 30.3 Å². The third kappa shape index (κ3) is 5.62. The molecule has 5 nitrogen and oxygen atoms in total. The highest BCUT2D eigenvalue weighted by Gasteiger charge is 2.13. The number of carbonyl (C=O) groups is 2. The zero-order valence-corrected chi connectivity index (χ0v) is 15.4. The Balaban J connectivity index is 1.95. The summed E-state index contributed by atoms with van der Waals surface area (Å²) < 4.78 is 5.68. The van der Waals surface area contributed by atoms with Gasteiger partial charge in [0.25, 0.3) is 0 Å². The quantitative estimate of drug-likeness (QED) is 0.751. The average Bonchev–Trinajstić information content (AvgIpc) is 2.59. The van der Waals surface area contributed by atoms with E-state index in [1.165, 1.54) is 0 Å². The minimum atomic E-state index is -0.976. The average molecular weight is 355 g/mol. The molecule has 2 N–H and O–H groups in total. The monoisotopic (exact) mass is 355 g/mol. The zero-order valence-electron chi connectivity index (χ0n) is 15.4. The summed E-state index contributed by atoms with van der Waals surface area (Å²) in [6.45, 7) is 5.84. The first kappa shape index (κ1) is 19.5. The number of aryl methyl sites for hydroxylation is 1. The SMILES string of the molecule is CC(C)Oc1cccc(C(C)NC(=O)CCc2ccccc2C(=O)O)c1. The lowest BCUT2D eigenvalue weighted by Gasteiger charge is -2.17. The van der Waals surface area contributed by atoms with Crippen LogP contribution < -0.4 is 10.1 Å². The van der Waals surface area contributed by atoms with E-state index >= 15 is 0 Å². The number of carbonyl (C=O) groups excluding carboxylic acids is 1. The van der Waals surface area contributed by atoms with Crippen molar-refractivity contribution in [1.29, 1.82) is 0 Å². The number of benzene rings is 2. The van der Waals surface area contributed by atoms with Gasteiger partial charge in [0.05, 0.1) is 17.7 Å². The molecule has 0 radical (unpaired) electrons. The number of hydrogen-bond donors (Lipinski definition) is 2. The van der Waals surface area contributed by atoms with Crippen molar-refractivity contribution in [3.63, 3.8) is 0 Å². The maximum atomic E-state index is 12.3. The Labute approximate surface area is 154 Å². The van der Waals surface area contributed by atoms with Crippen molar-refractivity contribution in [2.75, 3.05) is 0 Å². The number of carboxylic acid groups (broad SMARTS) is 1. The minimum absolute atomic E-state index is 0.0875. The van der Waals surface area contributed by atoms with E-state index in [4.69, 9.17) is 4.74 Å². The molecule has 0 aromatic heterocycles. The van der Waals surface area contributed by atoms with Crippen LogP contribution in [0.1, 0.15) is 54.7 Å². The summed E-state index contributed by atoms with van der Waals surface area (Å²) in [7, 11) is 0. The summed E-state index contributed by atoms with van der Waals surface area (Å²) >= 11 is 0. The number of amides is 1. The summed E-state index contributed by atoms with van der Waals surface area (Å²) in [6.07, 6.45) is 0.707. The summed E-state index contributed by atoms with van der Waals surface area (Å²) in [6, 6.07) is 14.3. The van der Waals surface area contributed by atoms with E-state index in [-0.39, 0.29) is 30.0 Å². The molecule has 1 atom stereocenters. The zero-order chi connectivity index (χ0) is 19.1. The molecule has 0 aliphatic carbocycles. The molecule has 26 heavy (non-hydrogen) atoms. The van der Waals surface area contributed by atoms with Crippen LogP contribution in [0.25, 0.3) is 0 Å². The van der Waals surface area contributed by atoms with Gasteiger partial charge in [0.15, 0.2) is 0 Å². The molecule has 0 heterocycles. The number of hydrogen-bond acceptors (Lipinski definition) is 3. The highest BCUT2D eigenvalue weighted by molar-refractivity contribution is 5.89. The standard InChI is InChI=1S/C21H25NO4/c1-14(2)26-18-9-6-8-17(13-18)15(3)22-20(23)12-11-16-7-4-5-10-19(16)21(24)25/h4-10,13-15H,11-12H2,1-3H3,(H,22,23)(H,24,25). The van der Waals surface area contributed by atoms with Crippen LogP contribution >= 0.6 is 0 Å². The molecular formula is C21H25NO4. The highest BCUT2D eigenvalue weighted by Crippen LogP contribution is 2.20. The molecule has 1 amide bonds. The van der Waals surface area contributed by atoms with Crippen LogP contribution in [0.15, 0.2) is 48.5 Å². The molecule has 2 aromatic carbocycles. The van der Waals surface area contributed by atoms with Gasteiger partial charge in [0.2, 0.25) is 5.91 Å². The van der Waals surface area contributed by atoms with Gasteiger partial charge in [-0.25, -0.2) is 4.79 Å². The predicted molar refractivity (Wildman–Crippen MR) is 100 cm³/mol. The molecule has 0 saturated heterocycles. The van der Waals surface area contributed by atoms with Crippen molar-refractivity contribution in [2.24, 2.45) is 0 Å². The van der Waals surface area contributed by atoms with Crippen molar-refractivity contribution in [3.05, 3.63) is 65.2 Å². The minimum Gasteiger partial charge on any atom is -0.491 e. The maximum Gasteiger partial charge on any atom is 0.335 e. The number of ether oxygens (including phenoxy) is 1. The van der Waals surface area contributed by atoms with Gasteiger partial charge in [0, 0.05) is 6.42 Å². The van der Waals surface area contributed by atoms with Crippen LogP contribution in [0.5, 0.6) is 5.75 Å². The second-order valence-corrected chi connectivity index (χ2v) is 6.49. The Kier molecular flexibility index (Phi) is 6.78. The Bertz CT molecular complexity index is 770. The molecule has 2 aromatic rings. The second-order valence-electron chi connectivity index (χ2n) is 6.49. The van der Waals surface area contributed by atoms with Gasteiger partial charge in [0.1, 0.15) is 5.75 Å². The van der Waals surface area contributed by atoms with E-state index in [1.54, 1.807) is 24.3 Å². The van der Waals surface area contributed by atoms with Crippen molar-refractivity contribution >= 4 is 11.9 Å². The van der Waals surface area contributed by atoms with Gasteiger partial charge in [-0.15, -0.1) is 0 Å². The van der Waals surface area contributed by atoms with Gasteiger partial charge < -0.3 is 15.2 Å². The summed E-state index contributed by atoms with van der Waals surface area (Å²) in [5.41, 5.74) is 1.87. The van der Waals surface area contributed by atoms with Crippen molar-refractivity contribution in [1.82, 2.24) is 5.32 Å². The fraction of sp³-hybridized carbons (Fsp3) is 0.333. The van der Waals surface area contributed by atoms with Crippen LogP contribution in [0, 0.1) is 0 Å². The molecule has 138 valence electrons. The van der Waals surface area contributed by atoms with Crippen molar-refractivity contribution < 1.29 is 19.4 Å². The number of rotatable bonds is 8. The smallest absolute Gasteiger partial charge is 0.335 e. The molecule has 0 fully saturated rings. The van der Waals surface area contributed by atoms with Crippen molar-refractivity contribution in [3.8, 4) is 5.75 Å². The highest BCUT2D eigenvalue weighted by atomic mass is 16.5. The van der Waals surface area contributed by atoms with Gasteiger partial charge >= 0.3 is 5.97 Å². The molecule has 0 aliphatic rings. The Hall–Kier alpha value is -2.82. The van der Waals surface area contributed by atoms with Gasteiger partial charge in [-0.2, -0.15) is 0 Å².